The van der Waals surface area contributed by atoms with Gasteiger partial charge in [0.15, 0.2) is 5.16 Å². The zero-order chi connectivity index (χ0) is 18.5. The summed E-state index contributed by atoms with van der Waals surface area (Å²) < 4.78 is 0. The monoisotopic (exact) mass is 380 g/mol. The first-order valence-electron chi connectivity index (χ1n) is 7.89. The van der Waals surface area contributed by atoms with Gasteiger partial charge in [-0.25, -0.2) is 9.97 Å². The van der Waals surface area contributed by atoms with Crippen LogP contribution in [0.3, 0.4) is 0 Å². The first-order valence-corrected chi connectivity index (χ1v) is 9.75. The highest BCUT2D eigenvalue weighted by Crippen LogP contribution is 2.25. The Kier molecular flexibility index (Phi) is 5.66. The van der Waals surface area contributed by atoms with Gasteiger partial charge in [0.2, 0.25) is 0 Å². The van der Waals surface area contributed by atoms with Crippen LogP contribution in [0, 0.1) is 25.2 Å². The van der Waals surface area contributed by atoms with E-state index in [4.69, 9.17) is 5.26 Å². The lowest BCUT2D eigenvalue weighted by Crippen LogP contribution is -2.13. The Labute approximate surface area is 160 Å². The summed E-state index contributed by atoms with van der Waals surface area (Å²) in [5.74, 6) is 0.365. The van der Waals surface area contributed by atoms with Crippen LogP contribution in [0.4, 0.5) is 5.00 Å². The molecule has 0 unspecified atom stereocenters. The predicted molar refractivity (Wildman–Crippen MR) is 104 cm³/mol. The van der Waals surface area contributed by atoms with Crippen LogP contribution in [-0.4, -0.2) is 15.9 Å². The third kappa shape index (κ3) is 4.28. The number of thiophene rings is 1. The van der Waals surface area contributed by atoms with Gasteiger partial charge >= 0.3 is 0 Å². The second kappa shape index (κ2) is 8.13. The molecule has 1 N–H and O–H groups in total. The molecule has 0 aliphatic carbocycles. The highest BCUT2D eigenvalue weighted by atomic mass is 32.2. The summed E-state index contributed by atoms with van der Waals surface area (Å²) in [6.07, 6.45) is 0. The summed E-state index contributed by atoms with van der Waals surface area (Å²) in [6.45, 7) is 3.88. The lowest BCUT2D eigenvalue weighted by atomic mass is 10.1. The van der Waals surface area contributed by atoms with Gasteiger partial charge in [-0.05, 0) is 43.0 Å². The number of benzene rings is 1. The van der Waals surface area contributed by atoms with Crippen LogP contribution in [0.5, 0.6) is 0 Å². The quantitative estimate of drug-likeness (QED) is 0.518. The summed E-state index contributed by atoms with van der Waals surface area (Å²) in [4.78, 5) is 21.5. The molecule has 0 spiro atoms. The fourth-order valence-electron chi connectivity index (χ4n) is 2.43. The van der Waals surface area contributed by atoms with Crippen LogP contribution in [0.25, 0.3) is 0 Å². The van der Waals surface area contributed by atoms with Gasteiger partial charge in [-0.1, -0.05) is 30.0 Å². The zero-order valence-corrected chi connectivity index (χ0v) is 15.9. The lowest BCUT2D eigenvalue weighted by Gasteiger charge is -2.09. The second-order valence-corrected chi connectivity index (χ2v) is 7.47. The van der Waals surface area contributed by atoms with E-state index in [0.29, 0.717) is 27.0 Å². The van der Waals surface area contributed by atoms with E-state index >= 15 is 0 Å². The number of anilines is 1. The molecule has 0 aliphatic heterocycles. The van der Waals surface area contributed by atoms with E-state index in [9.17, 15) is 4.79 Å². The molecular weight excluding hydrogens is 364 g/mol. The fourth-order valence-corrected chi connectivity index (χ4v) is 4.12. The predicted octanol–water partition coefficient (Wildman–Crippen LogP) is 4.57. The SMILES string of the molecule is Cc1cc(C)nc(SCc2ccccc2C(=O)Nc2sccc2C#N)n1. The highest BCUT2D eigenvalue weighted by molar-refractivity contribution is 7.98. The number of hydrogen-bond donors (Lipinski definition) is 1. The van der Waals surface area contributed by atoms with Gasteiger partial charge < -0.3 is 5.32 Å². The second-order valence-electron chi connectivity index (χ2n) is 5.61. The first-order chi connectivity index (χ1) is 12.6. The summed E-state index contributed by atoms with van der Waals surface area (Å²) in [5, 5.41) is 15.0. The van der Waals surface area contributed by atoms with E-state index < -0.39 is 0 Å². The summed E-state index contributed by atoms with van der Waals surface area (Å²) >= 11 is 2.83. The molecule has 0 radical (unpaired) electrons. The Morgan fingerprint density at radius 3 is 2.69 bits per heavy atom. The van der Waals surface area contributed by atoms with E-state index in [1.165, 1.54) is 23.1 Å². The number of nitriles is 1. The lowest BCUT2D eigenvalue weighted by molar-refractivity contribution is 0.102. The van der Waals surface area contributed by atoms with E-state index in [2.05, 4.69) is 21.4 Å². The molecule has 0 saturated heterocycles. The summed E-state index contributed by atoms with van der Waals surface area (Å²) in [5.41, 5.74) is 3.80. The van der Waals surface area contributed by atoms with Crippen molar-refractivity contribution in [2.45, 2.75) is 24.8 Å². The van der Waals surface area contributed by atoms with Gasteiger partial charge in [0.25, 0.3) is 5.91 Å². The molecule has 3 aromatic rings. The van der Waals surface area contributed by atoms with Crippen LogP contribution >= 0.6 is 23.1 Å². The minimum absolute atomic E-state index is 0.221. The molecule has 7 heteroatoms. The molecule has 1 aromatic carbocycles. The maximum Gasteiger partial charge on any atom is 0.256 e. The molecule has 3 rings (SSSR count). The van der Waals surface area contributed by atoms with Gasteiger partial charge in [-0.2, -0.15) is 5.26 Å². The van der Waals surface area contributed by atoms with Crippen molar-refractivity contribution in [1.82, 2.24) is 9.97 Å². The van der Waals surface area contributed by atoms with Crippen molar-refractivity contribution < 1.29 is 4.79 Å². The topological polar surface area (TPSA) is 78.7 Å². The zero-order valence-electron chi connectivity index (χ0n) is 14.3. The summed E-state index contributed by atoms with van der Waals surface area (Å²) in [7, 11) is 0. The molecule has 2 aromatic heterocycles. The molecule has 0 atom stereocenters. The van der Waals surface area contributed by atoms with Gasteiger partial charge in [-0.15, -0.1) is 11.3 Å². The van der Waals surface area contributed by atoms with Crippen LogP contribution in [-0.2, 0) is 5.75 Å². The maximum atomic E-state index is 12.7. The summed E-state index contributed by atoms with van der Waals surface area (Å²) in [6, 6.07) is 13.1. The standard InChI is InChI=1S/C19H16N4OS2/c1-12-9-13(2)22-19(21-12)26-11-15-5-3-4-6-16(15)17(24)23-18-14(10-20)7-8-25-18/h3-9H,11H2,1-2H3,(H,23,24). The van der Waals surface area contributed by atoms with E-state index in [-0.39, 0.29) is 5.91 Å². The Balaban J connectivity index is 1.77. The van der Waals surface area contributed by atoms with E-state index in [0.717, 1.165) is 17.0 Å². The number of thioether (sulfide) groups is 1. The van der Waals surface area contributed by atoms with Crippen LogP contribution in [0.1, 0.15) is 32.9 Å². The van der Waals surface area contributed by atoms with Crippen LogP contribution in [0.15, 0.2) is 46.9 Å². The van der Waals surface area contributed by atoms with Gasteiger partial charge in [0.05, 0.1) is 5.56 Å². The number of rotatable bonds is 5. The largest absolute Gasteiger partial charge is 0.312 e. The Hall–Kier alpha value is -2.69. The van der Waals surface area contributed by atoms with Gasteiger partial charge in [0, 0.05) is 22.7 Å². The average molecular weight is 380 g/mol. The van der Waals surface area contributed by atoms with Gasteiger partial charge in [-0.3, -0.25) is 4.79 Å². The minimum Gasteiger partial charge on any atom is -0.312 e. The van der Waals surface area contributed by atoms with Crippen molar-refractivity contribution in [3.8, 4) is 6.07 Å². The van der Waals surface area contributed by atoms with Crippen LogP contribution in [0.2, 0.25) is 0 Å². The molecule has 0 bridgehead atoms. The number of carbonyl (C=O) groups is 1. The Morgan fingerprint density at radius 1 is 1.23 bits per heavy atom. The number of hydrogen-bond acceptors (Lipinski definition) is 6. The minimum atomic E-state index is -0.221. The number of aryl methyl sites for hydroxylation is 2. The number of aromatic nitrogens is 2. The van der Waals surface area contributed by atoms with Crippen molar-refractivity contribution in [3.05, 3.63) is 69.9 Å². The number of nitrogens with zero attached hydrogens (tertiary/aromatic N) is 3. The van der Waals surface area contributed by atoms with Crippen molar-refractivity contribution in [3.63, 3.8) is 0 Å². The molecule has 1 amide bonds. The smallest absolute Gasteiger partial charge is 0.256 e. The molecule has 2 heterocycles. The normalized spacial score (nSPS) is 10.3. The molecule has 0 aliphatic rings. The third-order valence-corrected chi connectivity index (χ3v) is 5.32. The van der Waals surface area contributed by atoms with Crippen LogP contribution < -0.4 is 5.32 Å². The number of amides is 1. The Morgan fingerprint density at radius 2 is 1.96 bits per heavy atom. The van der Waals surface area contributed by atoms with Crippen molar-refractivity contribution >= 4 is 34.0 Å². The molecule has 26 heavy (non-hydrogen) atoms. The van der Waals surface area contributed by atoms with Crippen molar-refractivity contribution in [2.24, 2.45) is 0 Å². The average Bonchev–Trinajstić information content (AvgIpc) is 3.06. The van der Waals surface area contributed by atoms with Crippen molar-refractivity contribution in [2.75, 3.05) is 5.32 Å². The number of carbonyl (C=O) groups excluding carboxylic acids is 1. The third-order valence-electron chi connectivity index (χ3n) is 3.59. The number of nitrogens with one attached hydrogen (secondary N) is 1. The molecule has 0 saturated carbocycles. The molecule has 0 fully saturated rings. The highest BCUT2D eigenvalue weighted by Gasteiger charge is 2.14. The Bertz CT molecular complexity index is 971. The first kappa shape index (κ1) is 18.1. The molecule has 5 nitrogen and oxygen atoms in total. The maximum absolute atomic E-state index is 12.7. The van der Waals surface area contributed by atoms with Crippen molar-refractivity contribution in [1.29, 1.82) is 5.26 Å². The molecular formula is C19H16N4OS2. The van der Waals surface area contributed by atoms with Gasteiger partial charge in [0.1, 0.15) is 11.1 Å². The van der Waals surface area contributed by atoms with E-state index in [1.54, 1.807) is 17.5 Å². The van der Waals surface area contributed by atoms with E-state index in [1.807, 2.05) is 38.1 Å². The molecule has 130 valence electrons. The fraction of sp³-hybridized carbons (Fsp3) is 0.158.